The highest BCUT2D eigenvalue weighted by atomic mass is 16.5. The van der Waals surface area contributed by atoms with Gasteiger partial charge in [0.15, 0.2) is 11.5 Å². The van der Waals surface area contributed by atoms with Gasteiger partial charge in [-0.3, -0.25) is 0 Å². The molecular weight excluding hydrogens is 434 g/mol. The van der Waals surface area contributed by atoms with Crippen LogP contribution in [-0.4, -0.2) is 43.5 Å². The van der Waals surface area contributed by atoms with Gasteiger partial charge in [-0.25, -0.2) is 9.59 Å². The summed E-state index contributed by atoms with van der Waals surface area (Å²) >= 11 is 0. The third-order valence-electron chi connectivity index (χ3n) is 5.93. The van der Waals surface area contributed by atoms with E-state index < -0.39 is 18.1 Å². The third-order valence-corrected chi connectivity index (χ3v) is 5.93. The van der Waals surface area contributed by atoms with E-state index in [1.54, 1.807) is 18.2 Å². The number of benzene rings is 3. The second kappa shape index (κ2) is 10.3. The maximum atomic E-state index is 12.6. The van der Waals surface area contributed by atoms with Gasteiger partial charge in [-0.2, -0.15) is 0 Å². The standard InChI is InChI=1S/C27H27NO6/c1-3-33-25-17(9-8-14-24(25)32-2)15-23(26(29)30)28-27(31)34-16-22-20-12-6-4-10-18(20)19-11-5-7-13-21(19)22/h4-14,22-23H,3,15-16H2,1-2H3,(H,28,31)(H,29,30). The first kappa shape index (κ1) is 23.2. The maximum absolute atomic E-state index is 12.6. The normalized spacial score (nSPS) is 12.9. The average Bonchev–Trinajstić information content (AvgIpc) is 3.17. The Morgan fingerprint density at radius 2 is 1.62 bits per heavy atom. The fraction of sp³-hybridized carbons (Fsp3) is 0.259. The van der Waals surface area contributed by atoms with E-state index in [1.807, 2.05) is 43.3 Å². The highest BCUT2D eigenvalue weighted by Crippen LogP contribution is 2.44. The topological polar surface area (TPSA) is 94.1 Å². The number of ether oxygens (including phenoxy) is 3. The molecule has 1 aliphatic rings. The second-order valence-electron chi connectivity index (χ2n) is 7.95. The minimum absolute atomic E-state index is 0.0199. The summed E-state index contributed by atoms with van der Waals surface area (Å²) in [5.74, 6) is -0.305. The summed E-state index contributed by atoms with van der Waals surface area (Å²) in [7, 11) is 1.52. The first-order valence-corrected chi connectivity index (χ1v) is 11.2. The molecule has 0 aromatic heterocycles. The monoisotopic (exact) mass is 461 g/mol. The van der Waals surface area contributed by atoms with Crippen LogP contribution in [0.3, 0.4) is 0 Å². The van der Waals surface area contributed by atoms with Crippen molar-refractivity contribution < 1.29 is 28.9 Å². The van der Waals surface area contributed by atoms with E-state index >= 15 is 0 Å². The zero-order valence-electron chi connectivity index (χ0n) is 19.1. The quantitative estimate of drug-likeness (QED) is 0.483. The van der Waals surface area contributed by atoms with Gasteiger partial charge in [0.2, 0.25) is 0 Å². The number of fused-ring (bicyclic) bond motifs is 3. The molecule has 1 amide bonds. The lowest BCUT2D eigenvalue weighted by molar-refractivity contribution is -0.139. The summed E-state index contributed by atoms with van der Waals surface area (Å²) < 4.78 is 16.5. The van der Waals surface area contributed by atoms with Crippen molar-refractivity contribution >= 4 is 12.1 Å². The number of hydrogen-bond donors (Lipinski definition) is 2. The number of aliphatic carboxylic acids is 1. The van der Waals surface area contributed by atoms with Crippen molar-refractivity contribution in [2.45, 2.75) is 25.3 Å². The van der Waals surface area contributed by atoms with Gasteiger partial charge in [0.05, 0.1) is 13.7 Å². The van der Waals surface area contributed by atoms with Gasteiger partial charge < -0.3 is 24.6 Å². The van der Waals surface area contributed by atoms with Crippen LogP contribution in [-0.2, 0) is 16.0 Å². The molecule has 1 aliphatic carbocycles. The Kier molecular flexibility index (Phi) is 7.01. The number of methoxy groups -OCH3 is 1. The number of amides is 1. The van der Waals surface area contributed by atoms with Gasteiger partial charge in [0.1, 0.15) is 12.6 Å². The van der Waals surface area contributed by atoms with Crippen LogP contribution in [0.5, 0.6) is 11.5 Å². The molecule has 0 saturated heterocycles. The van der Waals surface area contributed by atoms with Gasteiger partial charge >= 0.3 is 12.1 Å². The summed E-state index contributed by atoms with van der Waals surface area (Å²) in [5, 5.41) is 12.2. The number of carboxylic acid groups (broad SMARTS) is 1. The molecule has 1 unspecified atom stereocenters. The van der Waals surface area contributed by atoms with Crippen LogP contribution in [0, 0.1) is 0 Å². The molecular formula is C27H27NO6. The van der Waals surface area contributed by atoms with E-state index in [0.717, 1.165) is 22.3 Å². The minimum Gasteiger partial charge on any atom is -0.493 e. The predicted molar refractivity (Wildman–Crippen MR) is 127 cm³/mol. The van der Waals surface area contributed by atoms with Crippen LogP contribution in [0.25, 0.3) is 11.1 Å². The zero-order valence-corrected chi connectivity index (χ0v) is 19.1. The largest absolute Gasteiger partial charge is 0.493 e. The fourth-order valence-corrected chi connectivity index (χ4v) is 4.39. The number of carbonyl (C=O) groups is 2. The lowest BCUT2D eigenvalue weighted by Crippen LogP contribution is -2.43. The molecule has 0 saturated carbocycles. The molecule has 2 N–H and O–H groups in total. The molecule has 0 bridgehead atoms. The van der Waals surface area contributed by atoms with Crippen molar-refractivity contribution in [3.8, 4) is 22.6 Å². The van der Waals surface area contributed by atoms with E-state index in [0.29, 0.717) is 23.7 Å². The molecule has 34 heavy (non-hydrogen) atoms. The van der Waals surface area contributed by atoms with Crippen LogP contribution in [0.2, 0.25) is 0 Å². The first-order valence-electron chi connectivity index (χ1n) is 11.2. The van der Waals surface area contributed by atoms with Crippen molar-refractivity contribution in [1.82, 2.24) is 5.32 Å². The van der Waals surface area contributed by atoms with Crippen molar-refractivity contribution in [2.75, 3.05) is 20.3 Å². The Hall–Kier alpha value is -4.00. The van der Waals surface area contributed by atoms with Gasteiger partial charge in [-0.05, 0) is 35.2 Å². The molecule has 4 rings (SSSR count). The van der Waals surface area contributed by atoms with Gasteiger partial charge in [0.25, 0.3) is 0 Å². The van der Waals surface area contributed by atoms with Gasteiger partial charge in [-0.15, -0.1) is 0 Å². The summed E-state index contributed by atoms with van der Waals surface area (Å²) in [6.45, 7) is 2.33. The zero-order chi connectivity index (χ0) is 24.1. The number of carboxylic acids is 1. The molecule has 7 nitrogen and oxygen atoms in total. The first-order chi connectivity index (χ1) is 16.5. The lowest BCUT2D eigenvalue weighted by atomic mass is 9.98. The SMILES string of the molecule is CCOc1c(CC(NC(=O)OCC2c3ccccc3-c3ccccc32)C(=O)O)cccc1OC. The summed E-state index contributed by atoms with van der Waals surface area (Å²) in [4.78, 5) is 24.5. The number of para-hydroxylation sites is 1. The van der Waals surface area contributed by atoms with Crippen LogP contribution < -0.4 is 14.8 Å². The van der Waals surface area contributed by atoms with Crippen molar-refractivity contribution in [3.05, 3.63) is 83.4 Å². The van der Waals surface area contributed by atoms with Crippen molar-refractivity contribution in [1.29, 1.82) is 0 Å². The lowest BCUT2D eigenvalue weighted by Gasteiger charge is -2.19. The summed E-state index contributed by atoms with van der Waals surface area (Å²) in [6, 6.07) is 20.1. The predicted octanol–water partition coefficient (Wildman–Crippen LogP) is 4.63. The second-order valence-corrected chi connectivity index (χ2v) is 7.95. The van der Waals surface area contributed by atoms with Crippen LogP contribution in [0.1, 0.15) is 29.5 Å². The Balaban J connectivity index is 1.46. The fourth-order valence-electron chi connectivity index (χ4n) is 4.39. The van der Waals surface area contributed by atoms with E-state index in [-0.39, 0.29) is 18.9 Å². The van der Waals surface area contributed by atoms with Gasteiger partial charge in [0, 0.05) is 17.9 Å². The Bertz CT molecular complexity index is 1150. The smallest absolute Gasteiger partial charge is 0.407 e. The molecule has 0 spiro atoms. The highest BCUT2D eigenvalue weighted by molar-refractivity contribution is 5.81. The number of hydrogen-bond acceptors (Lipinski definition) is 5. The summed E-state index contributed by atoms with van der Waals surface area (Å²) in [6.07, 6.45) is -0.762. The van der Waals surface area contributed by atoms with Crippen molar-refractivity contribution in [2.24, 2.45) is 0 Å². The molecule has 7 heteroatoms. The van der Waals surface area contributed by atoms with E-state index in [2.05, 4.69) is 17.4 Å². The molecule has 3 aromatic carbocycles. The highest BCUT2D eigenvalue weighted by Gasteiger charge is 2.30. The van der Waals surface area contributed by atoms with E-state index in [1.165, 1.54) is 7.11 Å². The molecule has 176 valence electrons. The molecule has 0 fully saturated rings. The van der Waals surface area contributed by atoms with Crippen LogP contribution in [0.4, 0.5) is 4.79 Å². The van der Waals surface area contributed by atoms with E-state index in [9.17, 15) is 14.7 Å². The Morgan fingerprint density at radius 3 is 2.21 bits per heavy atom. The molecule has 0 heterocycles. The Morgan fingerprint density at radius 1 is 0.971 bits per heavy atom. The Labute approximate surface area is 198 Å². The number of alkyl carbamates (subject to hydrolysis) is 1. The molecule has 0 radical (unpaired) electrons. The average molecular weight is 462 g/mol. The maximum Gasteiger partial charge on any atom is 0.407 e. The van der Waals surface area contributed by atoms with E-state index in [4.69, 9.17) is 14.2 Å². The third kappa shape index (κ3) is 4.69. The number of rotatable bonds is 9. The molecule has 0 aliphatic heterocycles. The minimum atomic E-state index is -1.19. The van der Waals surface area contributed by atoms with Crippen LogP contribution >= 0.6 is 0 Å². The van der Waals surface area contributed by atoms with Crippen LogP contribution in [0.15, 0.2) is 66.7 Å². The number of carbonyl (C=O) groups excluding carboxylic acids is 1. The summed E-state index contributed by atoms with van der Waals surface area (Å²) in [5.41, 5.74) is 5.04. The number of nitrogens with one attached hydrogen (secondary N) is 1. The van der Waals surface area contributed by atoms with Gasteiger partial charge in [-0.1, -0.05) is 60.7 Å². The van der Waals surface area contributed by atoms with Crippen molar-refractivity contribution in [3.63, 3.8) is 0 Å². The molecule has 3 aromatic rings. The molecule has 1 atom stereocenters.